The molecule has 1 atom stereocenters. The van der Waals surface area contributed by atoms with E-state index >= 15 is 0 Å². The van der Waals surface area contributed by atoms with Crippen LogP contribution in [0.4, 0.5) is 0 Å². The summed E-state index contributed by atoms with van der Waals surface area (Å²) < 4.78 is 5.32. The Balaban J connectivity index is 2.09. The summed E-state index contributed by atoms with van der Waals surface area (Å²) >= 11 is 0. The molecule has 0 bridgehead atoms. The molecule has 0 saturated carbocycles. The Hall–Kier alpha value is -2.04. The topological polar surface area (TPSA) is 62.1 Å². The number of nitrogens with one attached hydrogen (secondary N) is 1. The molecule has 0 saturated heterocycles. The second-order valence-corrected chi connectivity index (χ2v) is 4.64. The maximum atomic E-state index is 12.3. The molecular formula is C14H19N3O2. The van der Waals surface area contributed by atoms with Crippen molar-refractivity contribution in [3.8, 4) is 0 Å². The number of hydrogen-bond acceptors (Lipinski definition) is 3. The lowest BCUT2D eigenvalue weighted by atomic mass is 10.2. The highest BCUT2D eigenvalue weighted by Crippen LogP contribution is 2.20. The Kier molecular flexibility index (Phi) is 4.04. The number of amides is 1. The number of rotatable bonds is 5. The molecule has 2 rings (SSSR count). The second-order valence-electron chi connectivity index (χ2n) is 4.64. The maximum absolute atomic E-state index is 12.3. The van der Waals surface area contributed by atoms with Crippen molar-refractivity contribution in [1.82, 2.24) is 15.1 Å². The number of aromatic nitrogens is 2. The molecule has 2 heterocycles. The van der Waals surface area contributed by atoms with Gasteiger partial charge >= 0.3 is 0 Å². The van der Waals surface area contributed by atoms with E-state index in [4.69, 9.17) is 4.42 Å². The van der Waals surface area contributed by atoms with E-state index in [9.17, 15) is 4.79 Å². The van der Waals surface area contributed by atoms with Gasteiger partial charge in [0.15, 0.2) is 0 Å². The van der Waals surface area contributed by atoms with Gasteiger partial charge in [-0.15, -0.1) is 0 Å². The van der Waals surface area contributed by atoms with E-state index in [1.807, 2.05) is 25.1 Å². The van der Waals surface area contributed by atoms with Crippen molar-refractivity contribution in [3.05, 3.63) is 41.6 Å². The number of nitrogens with zero attached hydrogens (tertiary/aromatic N) is 2. The van der Waals surface area contributed by atoms with E-state index in [0.29, 0.717) is 5.69 Å². The lowest BCUT2D eigenvalue weighted by Gasteiger charge is -2.22. The van der Waals surface area contributed by atoms with Crippen molar-refractivity contribution in [3.63, 3.8) is 0 Å². The molecule has 1 N–H and O–H groups in total. The van der Waals surface area contributed by atoms with E-state index in [1.165, 1.54) is 0 Å². The Morgan fingerprint density at radius 3 is 3.00 bits per heavy atom. The maximum Gasteiger partial charge on any atom is 0.274 e. The molecule has 0 aromatic carbocycles. The van der Waals surface area contributed by atoms with Gasteiger partial charge in [-0.25, -0.2) is 0 Å². The van der Waals surface area contributed by atoms with Gasteiger partial charge in [-0.1, -0.05) is 13.3 Å². The van der Waals surface area contributed by atoms with Crippen LogP contribution in [0.3, 0.4) is 0 Å². The summed E-state index contributed by atoms with van der Waals surface area (Å²) in [6.07, 6.45) is 3.53. The van der Waals surface area contributed by atoms with Crippen molar-refractivity contribution in [2.75, 3.05) is 7.05 Å². The molecule has 0 radical (unpaired) electrons. The largest absolute Gasteiger partial charge is 0.467 e. The first-order valence-electron chi connectivity index (χ1n) is 6.48. The Morgan fingerprint density at radius 2 is 2.37 bits per heavy atom. The molecule has 0 aliphatic heterocycles. The SMILES string of the molecule is CCCc1cc(C(=O)N(C)[C@H](C)c2ccco2)n[nH]1. The Bertz CT molecular complexity index is 531. The van der Waals surface area contributed by atoms with Crippen molar-refractivity contribution in [2.24, 2.45) is 0 Å². The zero-order valence-corrected chi connectivity index (χ0v) is 11.5. The van der Waals surface area contributed by atoms with Crippen LogP contribution in [0.1, 0.15) is 48.3 Å². The summed E-state index contributed by atoms with van der Waals surface area (Å²) in [6.45, 7) is 4.02. The van der Waals surface area contributed by atoms with E-state index in [-0.39, 0.29) is 11.9 Å². The van der Waals surface area contributed by atoms with Crippen LogP contribution in [0.15, 0.2) is 28.9 Å². The molecule has 0 fully saturated rings. The average molecular weight is 261 g/mol. The minimum atomic E-state index is -0.117. The van der Waals surface area contributed by atoms with Gasteiger partial charge in [-0.2, -0.15) is 5.10 Å². The van der Waals surface area contributed by atoms with Crippen LogP contribution in [0.5, 0.6) is 0 Å². The third-order valence-electron chi connectivity index (χ3n) is 3.23. The molecule has 2 aromatic heterocycles. The lowest BCUT2D eigenvalue weighted by Crippen LogP contribution is -2.29. The van der Waals surface area contributed by atoms with Crippen LogP contribution in [-0.2, 0) is 6.42 Å². The molecule has 0 aliphatic rings. The highest BCUT2D eigenvalue weighted by molar-refractivity contribution is 5.92. The molecule has 102 valence electrons. The summed E-state index contributed by atoms with van der Waals surface area (Å²) in [7, 11) is 1.75. The minimum Gasteiger partial charge on any atom is -0.467 e. The molecule has 0 aliphatic carbocycles. The van der Waals surface area contributed by atoms with Gasteiger partial charge in [0, 0.05) is 12.7 Å². The van der Waals surface area contributed by atoms with Gasteiger partial charge in [0.25, 0.3) is 5.91 Å². The molecular weight excluding hydrogens is 242 g/mol. The number of aryl methyl sites for hydroxylation is 1. The minimum absolute atomic E-state index is 0.109. The highest BCUT2D eigenvalue weighted by atomic mass is 16.3. The summed E-state index contributed by atoms with van der Waals surface area (Å²) in [4.78, 5) is 13.9. The monoisotopic (exact) mass is 261 g/mol. The van der Waals surface area contributed by atoms with Crippen molar-refractivity contribution < 1.29 is 9.21 Å². The van der Waals surface area contributed by atoms with Gasteiger partial charge in [-0.05, 0) is 31.5 Å². The fourth-order valence-corrected chi connectivity index (χ4v) is 1.94. The van der Waals surface area contributed by atoms with Gasteiger partial charge in [0.2, 0.25) is 0 Å². The standard InChI is InChI=1S/C14H19N3O2/c1-4-6-11-9-12(16-15-11)14(18)17(3)10(2)13-7-5-8-19-13/h5,7-10H,4,6H2,1-3H3,(H,15,16)/t10-/m1/s1. The first-order valence-corrected chi connectivity index (χ1v) is 6.48. The van der Waals surface area contributed by atoms with Crippen molar-refractivity contribution in [2.45, 2.75) is 32.7 Å². The van der Waals surface area contributed by atoms with E-state index < -0.39 is 0 Å². The van der Waals surface area contributed by atoms with Crippen LogP contribution in [-0.4, -0.2) is 28.1 Å². The van der Waals surface area contributed by atoms with Crippen molar-refractivity contribution in [1.29, 1.82) is 0 Å². The number of carbonyl (C=O) groups excluding carboxylic acids is 1. The lowest BCUT2D eigenvalue weighted by molar-refractivity contribution is 0.0720. The first kappa shape index (κ1) is 13.4. The summed E-state index contributed by atoms with van der Waals surface area (Å²) in [6, 6.07) is 5.38. The third-order valence-corrected chi connectivity index (χ3v) is 3.23. The Labute approximate surface area is 112 Å². The highest BCUT2D eigenvalue weighted by Gasteiger charge is 2.22. The molecule has 5 nitrogen and oxygen atoms in total. The zero-order chi connectivity index (χ0) is 13.8. The average Bonchev–Trinajstić information content (AvgIpc) is 3.07. The number of furan rings is 1. The van der Waals surface area contributed by atoms with Crippen molar-refractivity contribution >= 4 is 5.91 Å². The molecule has 5 heteroatoms. The normalized spacial score (nSPS) is 12.4. The smallest absolute Gasteiger partial charge is 0.274 e. The second kappa shape index (κ2) is 5.73. The molecule has 0 spiro atoms. The zero-order valence-electron chi connectivity index (χ0n) is 11.5. The van der Waals surface area contributed by atoms with Gasteiger partial charge in [0.05, 0.1) is 12.3 Å². The van der Waals surface area contributed by atoms with Crippen LogP contribution in [0, 0.1) is 0 Å². The molecule has 19 heavy (non-hydrogen) atoms. The summed E-state index contributed by atoms with van der Waals surface area (Å²) in [5.41, 5.74) is 1.44. The quantitative estimate of drug-likeness (QED) is 0.900. The van der Waals surface area contributed by atoms with E-state index in [1.54, 1.807) is 18.2 Å². The number of aromatic amines is 1. The number of hydrogen-bond donors (Lipinski definition) is 1. The number of carbonyl (C=O) groups is 1. The predicted octanol–water partition coefficient (Wildman–Crippen LogP) is 2.79. The van der Waals surface area contributed by atoms with Gasteiger partial charge in [-0.3, -0.25) is 9.89 Å². The van der Waals surface area contributed by atoms with E-state index in [0.717, 1.165) is 24.3 Å². The van der Waals surface area contributed by atoms with Gasteiger partial charge < -0.3 is 9.32 Å². The van der Waals surface area contributed by atoms with Crippen LogP contribution >= 0.6 is 0 Å². The molecule has 1 amide bonds. The van der Waals surface area contributed by atoms with Crippen LogP contribution < -0.4 is 0 Å². The molecule has 2 aromatic rings. The fraction of sp³-hybridized carbons (Fsp3) is 0.429. The molecule has 0 unspecified atom stereocenters. The van der Waals surface area contributed by atoms with Crippen LogP contribution in [0.2, 0.25) is 0 Å². The van der Waals surface area contributed by atoms with E-state index in [2.05, 4.69) is 17.1 Å². The predicted molar refractivity (Wildman–Crippen MR) is 71.8 cm³/mol. The van der Waals surface area contributed by atoms with Crippen LogP contribution in [0.25, 0.3) is 0 Å². The number of H-pyrrole nitrogens is 1. The first-order chi connectivity index (χ1) is 9.13. The third kappa shape index (κ3) is 2.86. The van der Waals surface area contributed by atoms with Gasteiger partial charge in [0.1, 0.15) is 11.5 Å². The fourth-order valence-electron chi connectivity index (χ4n) is 1.94. The summed E-state index contributed by atoms with van der Waals surface area (Å²) in [5.74, 6) is 0.655. The summed E-state index contributed by atoms with van der Waals surface area (Å²) in [5, 5.41) is 6.97. The Morgan fingerprint density at radius 1 is 1.58 bits per heavy atom.